The molecule has 0 aliphatic heterocycles. The van der Waals surface area contributed by atoms with E-state index in [1.807, 2.05) is 0 Å². The van der Waals surface area contributed by atoms with Crippen LogP contribution in [0.5, 0.6) is 0 Å². The van der Waals surface area contributed by atoms with Gasteiger partial charge in [0.2, 0.25) is 0 Å². The fourth-order valence-corrected chi connectivity index (χ4v) is 0.336. The van der Waals surface area contributed by atoms with Crippen LogP contribution in [0.25, 0.3) is 0 Å². The lowest BCUT2D eigenvalue weighted by molar-refractivity contribution is -0.136. The molecule has 0 rings (SSSR count). The molecule has 0 saturated carbocycles. The molecule has 0 aromatic carbocycles. The molecule has 10 heavy (non-hydrogen) atoms. The Morgan fingerprint density at radius 1 is 1.50 bits per heavy atom. The molecule has 2 heteroatoms. The molecule has 0 aromatic heterocycles. The summed E-state index contributed by atoms with van der Waals surface area (Å²) in [5.74, 6) is -0.375. The average molecular weight is 138 g/mol. The van der Waals surface area contributed by atoms with Gasteiger partial charge in [0.1, 0.15) is 6.61 Å². The summed E-state index contributed by atoms with van der Waals surface area (Å²) >= 11 is 0. The number of hydrogen-bond donors (Lipinski definition) is 0. The van der Waals surface area contributed by atoms with E-state index in [0.717, 1.165) is 0 Å². The van der Waals surface area contributed by atoms with Crippen molar-refractivity contribution in [2.75, 3.05) is 6.61 Å². The Morgan fingerprint density at radius 3 is 2.70 bits per heavy atom. The summed E-state index contributed by atoms with van der Waals surface area (Å²) in [6.45, 7) is 7.04. The Morgan fingerprint density at radius 2 is 2.20 bits per heavy atom. The van der Waals surface area contributed by atoms with E-state index in [0.29, 0.717) is 0 Å². The van der Waals surface area contributed by atoms with Gasteiger partial charge in [-0.15, -0.1) is 0 Å². The summed E-state index contributed by atoms with van der Waals surface area (Å²) in [5, 5.41) is 0. The number of ether oxygens (including phenoxy) is 1. The molecule has 0 atom stereocenters. The highest BCUT2D eigenvalue weighted by Gasteiger charge is 1.90. The van der Waals surface area contributed by atoms with Crippen LogP contribution < -0.4 is 0 Å². The van der Waals surface area contributed by atoms with Crippen molar-refractivity contribution in [3.8, 4) is 0 Å². The molecule has 0 aliphatic rings. The van der Waals surface area contributed by atoms with Crippen LogP contribution in [0.1, 0.15) is 0 Å². The van der Waals surface area contributed by atoms with E-state index >= 15 is 0 Å². The van der Waals surface area contributed by atoms with Gasteiger partial charge in [0, 0.05) is 6.08 Å². The van der Waals surface area contributed by atoms with Crippen LogP contribution in [-0.2, 0) is 9.53 Å². The van der Waals surface area contributed by atoms with Gasteiger partial charge in [0.15, 0.2) is 0 Å². The Balaban J connectivity index is 3.52. The van der Waals surface area contributed by atoms with Gasteiger partial charge >= 0.3 is 5.97 Å². The summed E-state index contributed by atoms with van der Waals surface area (Å²) in [5.41, 5.74) is 0. The first-order chi connectivity index (χ1) is 4.81. The molecule has 2 nitrogen and oxygen atoms in total. The standard InChI is InChI=1S/C8H10O2/c1-3-5-6-8(9)10-7-4-2/h3-6H,1-2,7H2/b6-5+. The van der Waals surface area contributed by atoms with Crippen molar-refractivity contribution in [2.45, 2.75) is 0 Å². The van der Waals surface area contributed by atoms with Crippen molar-refractivity contribution in [2.24, 2.45) is 0 Å². The van der Waals surface area contributed by atoms with Crippen molar-refractivity contribution in [1.29, 1.82) is 0 Å². The van der Waals surface area contributed by atoms with E-state index in [2.05, 4.69) is 17.9 Å². The van der Waals surface area contributed by atoms with Crippen LogP contribution in [0.15, 0.2) is 37.5 Å². The minimum Gasteiger partial charge on any atom is -0.458 e. The Bertz CT molecular complexity index is 157. The van der Waals surface area contributed by atoms with E-state index < -0.39 is 0 Å². The highest BCUT2D eigenvalue weighted by atomic mass is 16.5. The number of allylic oxidation sites excluding steroid dienone is 2. The van der Waals surface area contributed by atoms with Crippen molar-refractivity contribution >= 4 is 5.97 Å². The summed E-state index contributed by atoms with van der Waals surface area (Å²) in [6.07, 6.45) is 5.84. The molecular weight excluding hydrogens is 128 g/mol. The van der Waals surface area contributed by atoms with Gasteiger partial charge in [-0.3, -0.25) is 0 Å². The summed E-state index contributed by atoms with van der Waals surface area (Å²) in [6, 6.07) is 0. The highest BCUT2D eigenvalue weighted by Crippen LogP contribution is 1.81. The minimum absolute atomic E-state index is 0.250. The lowest BCUT2D eigenvalue weighted by Crippen LogP contribution is -1.99. The second-order valence-corrected chi connectivity index (χ2v) is 1.51. The van der Waals surface area contributed by atoms with E-state index in [1.165, 1.54) is 24.3 Å². The first-order valence-corrected chi connectivity index (χ1v) is 2.88. The third-order valence-electron chi connectivity index (χ3n) is 0.712. The molecular formula is C8H10O2. The van der Waals surface area contributed by atoms with Gasteiger partial charge < -0.3 is 4.74 Å². The molecule has 0 saturated heterocycles. The molecule has 54 valence electrons. The van der Waals surface area contributed by atoms with Crippen LogP contribution >= 0.6 is 0 Å². The zero-order chi connectivity index (χ0) is 7.82. The highest BCUT2D eigenvalue weighted by molar-refractivity contribution is 5.82. The molecule has 0 N–H and O–H groups in total. The predicted molar refractivity (Wildman–Crippen MR) is 40.5 cm³/mol. The lowest BCUT2D eigenvalue weighted by Gasteiger charge is -1.93. The molecule has 0 amide bonds. The second kappa shape index (κ2) is 5.82. The molecule has 0 radical (unpaired) electrons. The molecule has 0 fully saturated rings. The fraction of sp³-hybridized carbons (Fsp3) is 0.125. The number of esters is 1. The van der Waals surface area contributed by atoms with Crippen LogP contribution in [0.2, 0.25) is 0 Å². The third kappa shape index (κ3) is 4.84. The van der Waals surface area contributed by atoms with Gasteiger partial charge in [0.05, 0.1) is 0 Å². The van der Waals surface area contributed by atoms with Crippen LogP contribution in [-0.4, -0.2) is 12.6 Å². The summed E-state index contributed by atoms with van der Waals surface area (Å²) in [4.78, 5) is 10.6. The van der Waals surface area contributed by atoms with E-state index in [1.54, 1.807) is 0 Å². The van der Waals surface area contributed by atoms with Crippen molar-refractivity contribution in [1.82, 2.24) is 0 Å². The minimum atomic E-state index is -0.375. The second-order valence-electron chi connectivity index (χ2n) is 1.51. The number of carbonyl (C=O) groups is 1. The molecule has 0 spiro atoms. The summed E-state index contributed by atoms with van der Waals surface area (Å²) in [7, 11) is 0. The smallest absolute Gasteiger partial charge is 0.331 e. The molecule has 0 heterocycles. The van der Waals surface area contributed by atoms with Crippen molar-refractivity contribution in [3.05, 3.63) is 37.5 Å². The third-order valence-corrected chi connectivity index (χ3v) is 0.712. The van der Waals surface area contributed by atoms with Crippen LogP contribution in [0.4, 0.5) is 0 Å². The lowest BCUT2D eigenvalue weighted by atomic mass is 10.5. The first kappa shape index (κ1) is 8.69. The molecule has 0 aliphatic carbocycles. The quantitative estimate of drug-likeness (QED) is 0.254. The topological polar surface area (TPSA) is 26.3 Å². The summed E-state index contributed by atoms with van der Waals surface area (Å²) < 4.78 is 4.60. The van der Waals surface area contributed by atoms with Gasteiger partial charge in [0.25, 0.3) is 0 Å². The zero-order valence-corrected chi connectivity index (χ0v) is 5.75. The fourth-order valence-electron chi connectivity index (χ4n) is 0.336. The van der Waals surface area contributed by atoms with E-state index in [-0.39, 0.29) is 12.6 Å². The molecule has 0 bridgehead atoms. The average Bonchev–Trinajstić information content (AvgIpc) is 1.97. The zero-order valence-electron chi connectivity index (χ0n) is 5.75. The van der Waals surface area contributed by atoms with Gasteiger partial charge in [-0.2, -0.15) is 0 Å². The van der Waals surface area contributed by atoms with E-state index in [9.17, 15) is 4.79 Å². The Kier molecular flexibility index (Phi) is 5.06. The monoisotopic (exact) mass is 138 g/mol. The number of carbonyl (C=O) groups excluding carboxylic acids is 1. The van der Waals surface area contributed by atoms with Crippen molar-refractivity contribution < 1.29 is 9.53 Å². The maximum absolute atomic E-state index is 10.6. The maximum Gasteiger partial charge on any atom is 0.331 e. The van der Waals surface area contributed by atoms with Gasteiger partial charge in [-0.05, 0) is 0 Å². The molecule has 0 unspecified atom stereocenters. The first-order valence-electron chi connectivity index (χ1n) is 2.88. The molecule has 0 aromatic rings. The Labute approximate surface area is 60.5 Å². The largest absolute Gasteiger partial charge is 0.458 e. The number of hydrogen-bond acceptors (Lipinski definition) is 2. The van der Waals surface area contributed by atoms with Crippen LogP contribution in [0.3, 0.4) is 0 Å². The van der Waals surface area contributed by atoms with Crippen molar-refractivity contribution in [3.63, 3.8) is 0 Å². The Hall–Kier alpha value is -1.31. The van der Waals surface area contributed by atoms with Gasteiger partial charge in [-0.1, -0.05) is 31.4 Å². The SMILES string of the molecule is C=C/C=C/C(=O)OCC=C. The predicted octanol–water partition coefficient (Wildman–Crippen LogP) is 1.46. The van der Waals surface area contributed by atoms with Gasteiger partial charge in [-0.25, -0.2) is 4.79 Å². The van der Waals surface area contributed by atoms with E-state index in [4.69, 9.17) is 0 Å². The normalized spacial score (nSPS) is 9.20. The number of rotatable bonds is 4. The van der Waals surface area contributed by atoms with Crippen LogP contribution in [0, 0.1) is 0 Å². The maximum atomic E-state index is 10.6.